The Labute approximate surface area is 162 Å². The maximum atomic E-state index is 12.4. The number of terminal acetylenes is 1. The van der Waals surface area contributed by atoms with Crippen molar-refractivity contribution in [2.45, 2.75) is 32.1 Å². The standard InChI is InChI=1S/C18H24N4O6/c1-2-8-28-11-13-9-14(6-5-12(13)10-23)21-16(24)15(22-18(26)27)4-3-7-20-17(19)25/h1,5-6,9,15,22-23H,3-4,7-8,10-11H2,(H,21,24)(H,26,27)(H3,19,20,25)/t15-/m0/s1. The number of carbonyl (C=O) groups excluding carboxylic acids is 2. The quantitative estimate of drug-likeness (QED) is 0.235. The minimum absolute atomic E-state index is 0.103. The normalized spacial score (nSPS) is 11.1. The Balaban J connectivity index is 2.79. The highest BCUT2D eigenvalue weighted by atomic mass is 16.5. The lowest BCUT2D eigenvalue weighted by Crippen LogP contribution is -2.43. The first kappa shape index (κ1) is 22.8. The van der Waals surface area contributed by atoms with Gasteiger partial charge in [-0.05, 0) is 36.1 Å². The van der Waals surface area contributed by atoms with Crippen LogP contribution in [0.15, 0.2) is 18.2 Å². The highest BCUT2D eigenvalue weighted by Crippen LogP contribution is 2.18. The molecular formula is C18H24N4O6. The Bertz CT molecular complexity index is 731. The SMILES string of the molecule is C#CCOCc1cc(NC(=O)[C@H](CCCNC(N)=O)NC(=O)O)ccc1CO. The van der Waals surface area contributed by atoms with Crippen molar-refractivity contribution in [3.63, 3.8) is 0 Å². The third kappa shape index (κ3) is 8.39. The molecule has 10 nitrogen and oxygen atoms in total. The molecule has 0 bridgehead atoms. The van der Waals surface area contributed by atoms with Gasteiger partial charge in [0.2, 0.25) is 5.91 Å². The summed E-state index contributed by atoms with van der Waals surface area (Å²) in [4.78, 5) is 34.1. The first-order valence-electron chi connectivity index (χ1n) is 8.44. The summed E-state index contributed by atoms with van der Waals surface area (Å²) < 4.78 is 5.26. The molecule has 10 heteroatoms. The lowest BCUT2D eigenvalue weighted by atomic mass is 10.1. The van der Waals surface area contributed by atoms with Crippen molar-refractivity contribution >= 4 is 23.7 Å². The first-order chi connectivity index (χ1) is 13.4. The molecule has 1 rings (SSSR count). The van der Waals surface area contributed by atoms with E-state index in [9.17, 15) is 19.5 Å². The summed E-state index contributed by atoms with van der Waals surface area (Å²) in [5.41, 5.74) is 6.63. The second-order valence-electron chi connectivity index (χ2n) is 5.76. The van der Waals surface area contributed by atoms with Crippen LogP contribution in [0.4, 0.5) is 15.3 Å². The Morgan fingerprint density at radius 1 is 1.29 bits per heavy atom. The van der Waals surface area contributed by atoms with Gasteiger partial charge in [0, 0.05) is 12.2 Å². The molecule has 0 aliphatic carbocycles. The van der Waals surface area contributed by atoms with Gasteiger partial charge in [0.05, 0.1) is 13.2 Å². The number of primary amides is 1. The van der Waals surface area contributed by atoms with Crippen molar-refractivity contribution in [2.75, 3.05) is 18.5 Å². The van der Waals surface area contributed by atoms with E-state index in [1.54, 1.807) is 18.2 Å². The highest BCUT2D eigenvalue weighted by Gasteiger charge is 2.20. The number of amides is 4. The molecule has 7 N–H and O–H groups in total. The van der Waals surface area contributed by atoms with Gasteiger partial charge in [-0.1, -0.05) is 12.0 Å². The number of urea groups is 1. The van der Waals surface area contributed by atoms with Crippen molar-refractivity contribution in [1.82, 2.24) is 10.6 Å². The van der Waals surface area contributed by atoms with Gasteiger partial charge in [0.1, 0.15) is 12.6 Å². The zero-order valence-corrected chi connectivity index (χ0v) is 15.2. The lowest BCUT2D eigenvalue weighted by molar-refractivity contribution is -0.118. The number of carboxylic acid groups (broad SMARTS) is 1. The monoisotopic (exact) mass is 392 g/mol. The number of ether oxygens (including phenoxy) is 1. The Morgan fingerprint density at radius 3 is 2.64 bits per heavy atom. The van der Waals surface area contributed by atoms with Crippen LogP contribution < -0.4 is 21.7 Å². The molecule has 1 atom stereocenters. The van der Waals surface area contributed by atoms with Gasteiger partial charge in [0.25, 0.3) is 0 Å². The van der Waals surface area contributed by atoms with Crippen LogP contribution in [0.5, 0.6) is 0 Å². The van der Waals surface area contributed by atoms with E-state index in [2.05, 4.69) is 21.9 Å². The summed E-state index contributed by atoms with van der Waals surface area (Å²) in [7, 11) is 0. The second kappa shape index (κ2) is 12.2. The van der Waals surface area contributed by atoms with E-state index < -0.39 is 24.1 Å². The number of benzene rings is 1. The third-order valence-electron chi connectivity index (χ3n) is 3.67. The number of nitrogens with one attached hydrogen (secondary N) is 3. The molecule has 1 aromatic rings. The zero-order chi connectivity index (χ0) is 20.9. The molecule has 0 aliphatic heterocycles. The van der Waals surface area contributed by atoms with E-state index in [0.717, 1.165) is 0 Å². The van der Waals surface area contributed by atoms with Crippen LogP contribution >= 0.6 is 0 Å². The first-order valence-corrected chi connectivity index (χ1v) is 8.44. The molecule has 152 valence electrons. The molecule has 0 aliphatic rings. The number of nitrogens with two attached hydrogens (primary N) is 1. The Hall–Kier alpha value is -3.29. The highest BCUT2D eigenvalue weighted by molar-refractivity contribution is 5.96. The number of aliphatic hydroxyl groups excluding tert-OH is 1. The summed E-state index contributed by atoms with van der Waals surface area (Å²) in [6.45, 7) is 0.256. The van der Waals surface area contributed by atoms with E-state index in [1.165, 1.54) is 0 Å². The van der Waals surface area contributed by atoms with Crippen LogP contribution in [0.25, 0.3) is 0 Å². The van der Waals surface area contributed by atoms with Gasteiger partial charge in [0.15, 0.2) is 0 Å². The molecule has 0 aromatic heterocycles. The maximum absolute atomic E-state index is 12.4. The summed E-state index contributed by atoms with van der Waals surface area (Å²) in [5, 5.41) is 25.5. The summed E-state index contributed by atoms with van der Waals surface area (Å²) in [6, 6.07) is 3.11. The topological polar surface area (TPSA) is 163 Å². The maximum Gasteiger partial charge on any atom is 0.405 e. The molecule has 0 unspecified atom stereocenters. The van der Waals surface area contributed by atoms with Crippen LogP contribution in [0.2, 0.25) is 0 Å². The minimum Gasteiger partial charge on any atom is -0.465 e. The zero-order valence-electron chi connectivity index (χ0n) is 15.2. The molecule has 1 aromatic carbocycles. The van der Waals surface area contributed by atoms with Crippen LogP contribution in [-0.4, -0.2) is 47.4 Å². The molecule has 28 heavy (non-hydrogen) atoms. The molecule has 0 radical (unpaired) electrons. The van der Waals surface area contributed by atoms with E-state index in [-0.39, 0.29) is 32.8 Å². The predicted octanol–water partition coefficient (Wildman–Crippen LogP) is 0.352. The van der Waals surface area contributed by atoms with Crippen molar-refractivity contribution < 1.29 is 29.3 Å². The number of rotatable bonds is 11. The van der Waals surface area contributed by atoms with Gasteiger partial charge in [-0.25, -0.2) is 9.59 Å². The Morgan fingerprint density at radius 2 is 2.04 bits per heavy atom. The van der Waals surface area contributed by atoms with Crippen molar-refractivity contribution in [1.29, 1.82) is 0 Å². The van der Waals surface area contributed by atoms with Crippen LogP contribution in [-0.2, 0) is 22.7 Å². The van der Waals surface area contributed by atoms with Crippen LogP contribution in [0.1, 0.15) is 24.0 Å². The molecular weight excluding hydrogens is 368 g/mol. The van der Waals surface area contributed by atoms with E-state index in [1.807, 2.05) is 0 Å². The van der Waals surface area contributed by atoms with Crippen molar-refractivity contribution in [3.05, 3.63) is 29.3 Å². The predicted molar refractivity (Wildman–Crippen MR) is 101 cm³/mol. The van der Waals surface area contributed by atoms with E-state index >= 15 is 0 Å². The smallest absolute Gasteiger partial charge is 0.405 e. The lowest BCUT2D eigenvalue weighted by Gasteiger charge is -2.18. The molecule has 0 spiro atoms. The second-order valence-corrected chi connectivity index (χ2v) is 5.76. The number of anilines is 1. The number of aliphatic hydroxyl groups is 1. The molecule has 0 fully saturated rings. The molecule has 0 saturated heterocycles. The fourth-order valence-electron chi connectivity index (χ4n) is 2.38. The average molecular weight is 392 g/mol. The third-order valence-corrected chi connectivity index (χ3v) is 3.67. The van der Waals surface area contributed by atoms with Crippen LogP contribution in [0.3, 0.4) is 0 Å². The summed E-state index contributed by atoms with van der Waals surface area (Å²) >= 11 is 0. The summed E-state index contributed by atoms with van der Waals surface area (Å²) in [5.74, 6) is 1.77. The van der Waals surface area contributed by atoms with Gasteiger partial charge in [-0.2, -0.15) is 0 Å². The van der Waals surface area contributed by atoms with Crippen molar-refractivity contribution in [3.8, 4) is 12.3 Å². The van der Waals surface area contributed by atoms with Gasteiger partial charge in [-0.3, -0.25) is 4.79 Å². The van der Waals surface area contributed by atoms with Gasteiger partial charge < -0.3 is 36.6 Å². The fourth-order valence-corrected chi connectivity index (χ4v) is 2.38. The van der Waals surface area contributed by atoms with Gasteiger partial charge in [-0.15, -0.1) is 6.42 Å². The summed E-state index contributed by atoms with van der Waals surface area (Å²) in [6.07, 6.45) is 4.29. The van der Waals surface area contributed by atoms with Crippen molar-refractivity contribution in [2.24, 2.45) is 5.73 Å². The molecule has 4 amide bonds. The van der Waals surface area contributed by atoms with E-state index in [4.69, 9.17) is 22.0 Å². The van der Waals surface area contributed by atoms with Gasteiger partial charge >= 0.3 is 12.1 Å². The fraction of sp³-hybridized carbons (Fsp3) is 0.389. The minimum atomic E-state index is -1.35. The molecule has 0 heterocycles. The number of hydrogen-bond acceptors (Lipinski definition) is 5. The molecule has 0 saturated carbocycles. The number of hydrogen-bond donors (Lipinski definition) is 6. The average Bonchev–Trinajstić information content (AvgIpc) is 2.64. The largest absolute Gasteiger partial charge is 0.465 e. The Kier molecular flexibility index (Phi) is 9.88. The van der Waals surface area contributed by atoms with E-state index in [0.29, 0.717) is 23.2 Å². The van der Waals surface area contributed by atoms with Crippen LogP contribution in [0, 0.1) is 12.3 Å². The number of carbonyl (C=O) groups is 3.